The largest absolute Gasteiger partial charge is 0.436 e. The van der Waals surface area contributed by atoms with Crippen LogP contribution in [0, 0.1) is 0 Å². The van der Waals surface area contributed by atoms with Crippen LogP contribution in [0.3, 0.4) is 0 Å². The Hall–Kier alpha value is -4.83. The number of fused-ring (bicyclic) bond motifs is 2. The number of carbonyl (C=O) groups is 6. The Balaban J connectivity index is 0.755. The monoisotopic (exact) mass is 811 g/mol. The van der Waals surface area contributed by atoms with Crippen molar-refractivity contribution in [3.8, 4) is 22.8 Å². The highest BCUT2D eigenvalue weighted by Gasteiger charge is 2.49. The highest BCUT2D eigenvalue weighted by molar-refractivity contribution is 8.00. The summed E-state index contributed by atoms with van der Waals surface area (Å²) in [5.74, 6) is 1.90. The molecule has 298 valence electrons. The average molecular weight is 812 g/mol. The zero-order valence-electron chi connectivity index (χ0n) is 31.5. The summed E-state index contributed by atoms with van der Waals surface area (Å²) in [5.41, 5.74) is 2.77. The molecule has 6 saturated heterocycles. The molecule has 0 aliphatic carbocycles. The number of aromatic nitrogens is 1. The molecule has 57 heavy (non-hydrogen) atoms. The first-order valence-corrected chi connectivity index (χ1v) is 22.0. The van der Waals surface area contributed by atoms with Gasteiger partial charge in [0.15, 0.2) is 5.76 Å². The van der Waals surface area contributed by atoms with E-state index in [1.165, 1.54) is 0 Å². The maximum atomic E-state index is 13.5. The molecule has 2 N–H and O–H groups in total. The molecule has 6 amide bonds. The van der Waals surface area contributed by atoms with E-state index >= 15 is 0 Å². The van der Waals surface area contributed by atoms with Gasteiger partial charge < -0.3 is 34.7 Å². The maximum Gasteiger partial charge on any atom is 0.246 e. The number of hydrogen-bond acceptors (Lipinski definition) is 10. The van der Waals surface area contributed by atoms with E-state index in [1.807, 2.05) is 34.1 Å². The smallest absolute Gasteiger partial charge is 0.246 e. The number of benzene rings is 2. The van der Waals surface area contributed by atoms with Crippen LogP contribution in [0.25, 0.3) is 22.8 Å². The number of hydrogen-bond donors (Lipinski definition) is 2. The minimum Gasteiger partial charge on any atom is -0.436 e. The second kappa shape index (κ2) is 15.8. The number of rotatable bonds is 10. The molecular weight excluding hydrogens is 767 g/mol. The number of likely N-dealkylation sites (tertiary alicyclic amines) is 2. The molecule has 0 saturated carbocycles. The van der Waals surface area contributed by atoms with Crippen LogP contribution >= 0.6 is 23.5 Å². The van der Waals surface area contributed by atoms with Crippen molar-refractivity contribution in [3.05, 3.63) is 54.7 Å². The van der Waals surface area contributed by atoms with Crippen LogP contribution < -0.4 is 10.6 Å². The highest BCUT2D eigenvalue weighted by atomic mass is 32.2. The molecule has 6 atom stereocenters. The topological polar surface area (TPSA) is 165 Å². The number of oxazole rings is 1. The number of amides is 6. The number of nitrogens with one attached hydrogen (secondary N) is 2. The Labute approximate surface area is 338 Å². The van der Waals surface area contributed by atoms with E-state index in [1.54, 1.807) is 63.8 Å². The average Bonchev–Trinajstić information content (AvgIpc) is 4.06. The van der Waals surface area contributed by atoms with E-state index in [4.69, 9.17) is 4.42 Å². The molecule has 16 heteroatoms. The second-order valence-corrected chi connectivity index (χ2v) is 18.1. The van der Waals surface area contributed by atoms with Gasteiger partial charge in [0.1, 0.15) is 12.1 Å². The molecule has 4 unspecified atom stereocenters. The zero-order chi connectivity index (χ0) is 39.2. The number of anilines is 2. The SMILES string of the molecule is O=C(C[C@@H]1CCCN1C(=O)C1CSC2CCC(=O)N21)Nc1ccc(-c2cnc(-c3ccc(NC(=O)C[C@@H]4CCCN4C(=O)C4CSC5CCC(=O)N54)cc3)o2)cc1. The summed E-state index contributed by atoms with van der Waals surface area (Å²) in [5, 5.41) is 6.13. The van der Waals surface area contributed by atoms with Gasteiger partial charge in [-0.3, -0.25) is 28.8 Å². The van der Waals surface area contributed by atoms with Crippen LogP contribution in [0.1, 0.15) is 64.2 Å². The van der Waals surface area contributed by atoms with Gasteiger partial charge in [0.25, 0.3) is 0 Å². The minimum absolute atomic E-state index is 0.0364. The summed E-state index contributed by atoms with van der Waals surface area (Å²) in [4.78, 5) is 89.6. The Morgan fingerprint density at radius 1 is 0.667 bits per heavy atom. The Bertz CT molecular complexity index is 1930. The fraction of sp³-hybridized carbons (Fsp3) is 0.488. The van der Waals surface area contributed by atoms with Gasteiger partial charge in [0, 0.05) is 84.9 Å². The number of nitrogens with zero attached hydrogens (tertiary/aromatic N) is 5. The highest BCUT2D eigenvalue weighted by Crippen LogP contribution is 2.40. The van der Waals surface area contributed by atoms with Gasteiger partial charge in [0.05, 0.1) is 16.9 Å². The van der Waals surface area contributed by atoms with Crippen molar-refractivity contribution in [1.82, 2.24) is 24.6 Å². The van der Waals surface area contributed by atoms with E-state index in [9.17, 15) is 28.8 Å². The molecule has 6 aliphatic heterocycles. The molecule has 0 bridgehead atoms. The first kappa shape index (κ1) is 37.7. The second-order valence-electron chi connectivity index (χ2n) is 15.6. The van der Waals surface area contributed by atoms with Gasteiger partial charge in [-0.05, 0) is 87.1 Å². The maximum absolute atomic E-state index is 13.5. The van der Waals surface area contributed by atoms with Crippen LogP contribution in [0.15, 0.2) is 59.1 Å². The quantitative estimate of drug-likeness (QED) is 0.291. The van der Waals surface area contributed by atoms with Gasteiger partial charge in [-0.1, -0.05) is 0 Å². The van der Waals surface area contributed by atoms with Crippen molar-refractivity contribution < 1.29 is 33.2 Å². The number of thioether (sulfide) groups is 2. The summed E-state index contributed by atoms with van der Waals surface area (Å²) in [6.45, 7) is 1.21. The third-order valence-corrected chi connectivity index (χ3v) is 14.8. The predicted molar refractivity (Wildman–Crippen MR) is 216 cm³/mol. The van der Waals surface area contributed by atoms with E-state index in [0.717, 1.165) is 49.7 Å². The van der Waals surface area contributed by atoms with Gasteiger partial charge >= 0.3 is 0 Å². The summed E-state index contributed by atoms with van der Waals surface area (Å²) < 4.78 is 6.08. The Morgan fingerprint density at radius 3 is 1.63 bits per heavy atom. The van der Waals surface area contributed by atoms with Gasteiger partial charge in [-0.2, -0.15) is 0 Å². The van der Waals surface area contributed by atoms with Crippen LogP contribution in [0.4, 0.5) is 11.4 Å². The first-order valence-electron chi connectivity index (χ1n) is 19.9. The molecule has 0 spiro atoms. The van der Waals surface area contributed by atoms with Crippen LogP contribution in [0.2, 0.25) is 0 Å². The third kappa shape index (κ3) is 7.53. The molecule has 3 aromatic rings. The van der Waals surface area contributed by atoms with Crippen LogP contribution in [-0.4, -0.2) is 120 Å². The number of carbonyl (C=O) groups excluding carboxylic acids is 6. The third-order valence-electron chi connectivity index (χ3n) is 12.1. The summed E-state index contributed by atoms with van der Waals surface area (Å²) in [6.07, 6.45) is 7.81. The van der Waals surface area contributed by atoms with E-state index < -0.39 is 12.1 Å². The lowest BCUT2D eigenvalue weighted by atomic mass is 10.1. The van der Waals surface area contributed by atoms with Crippen molar-refractivity contribution in [2.24, 2.45) is 0 Å². The summed E-state index contributed by atoms with van der Waals surface area (Å²) in [6, 6.07) is 13.3. The van der Waals surface area contributed by atoms with Crippen molar-refractivity contribution in [3.63, 3.8) is 0 Å². The Morgan fingerprint density at radius 2 is 1.14 bits per heavy atom. The minimum atomic E-state index is -0.428. The fourth-order valence-corrected chi connectivity index (χ4v) is 12.1. The lowest BCUT2D eigenvalue weighted by Crippen LogP contribution is -2.50. The molecule has 1 aromatic heterocycles. The molecule has 0 radical (unpaired) electrons. The van der Waals surface area contributed by atoms with Gasteiger partial charge in [0.2, 0.25) is 41.3 Å². The molecule has 9 rings (SSSR count). The van der Waals surface area contributed by atoms with Crippen molar-refractivity contribution in [2.75, 3.05) is 35.2 Å². The van der Waals surface area contributed by atoms with Gasteiger partial charge in [-0.25, -0.2) is 4.98 Å². The first-order chi connectivity index (χ1) is 27.7. The van der Waals surface area contributed by atoms with Gasteiger partial charge in [-0.15, -0.1) is 23.5 Å². The van der Waals surface area contributed by atoms with Crippen LogP contribution in [-0.2, 0) is 28.8 Å². The normalized spacial score (nSPS) is 26.7. The fourth-order valence-electron chi connectivity index (χ4n) is 9.24. The van der Waals surface area contributed by atoms with Crippen molar-refractivity contribution in [2.45, 2.75) is 99.1 Å². The molecule has 7 heterocycles. The van der Waals surface area contributed by atoms with E-state index in [0.29, 0.717) is 60.5 Å². The van der Waals surface area contributed by atoms with E-state index in [2.05, 4.69) is 15.6 Å². The lowest BCUT2D eigenvalue weighted by molar-refractivity contribution is -0.143. The van der Waals surface area contributed by atoms with Crippen molar-refractivity contribution >= 4 is 70.3 Å². The van der Waals surface area contributed by atoms with E-state index in [-0.39, 0.29) is 71.1 Å². The predicted octanol–water partition coefficient (Wildman–Crippen LogP) is 4.78. The zero-order valence-corrected chi connectivity index (χ0v) is 33.1. The molecule has 14 nitrogen and oxygen atoms in total. The van der Waals surface area contributed by atoms with Crippen LogP contribution in [0.5, 0.6) is 0 Å². The summed E-state index contributed by atoms with van der Waals surface area (Å²) >= 11 is 3.36. The molecular formula is C41H45N7O7S2. The lowest BCUT2D eigenvalue weighted by Gasteiger charge is -2.30. The Kier molecular flexibility index (Phi) is 10.5. The molecule has 6 fully saturated rings. The molecule has 6 aliphatic rings. The summed E-state index contributed by atoms with van der Waals surface area (Å²) in [7, 11) is 0. The molecule has 2 aromatic carbocycles. The van der Waals surface area contributed by atoms with Crippen molar-refractivity contribution in [1.29, 1.82) is 0 Å². The standard InChI is InChI=1S/C41H45N7O7S2/c49-33(19-28-3-1-17-45(28)40(53)30-22-56-37-15-13-35(51)47(30)37)43-26-9-5-24(6-10-26)32-21-42-39(55-32)25-7-11-27(12-8-25)44-34(50)20-29-4-2-18-46(29)41(54)31-23-57-38-16-14-36(52)48(31)38/h5-12,21,28-31,37-38H,1-4,13-20,22-23H2,(H,43,49)(H,44,50)/t28-,29-,30?,31?,37?,38?/m0/s1.